The Balaban J connectivity index is 1.44. The molecule has 1 aromatic rings. The molecule has 1 saturated heterocycles. The molecule has 1 aromatic heterocycles. The van der Waals surface area contributed by atoms with E-state index in [1.54, 1.807) is 0 Å². The Kier molecular flexibility index (Phi) is 4.78. The fraction of sp³-hybridized carbons (Fsp3) is 0.625. The smallest absolute Gasteiger partial charge is 0.220 e. The van der Waals surface area contributed by atoms with Crippen molar-refractivity contribution < 1.29 is 4.79 Å². The topological polar surface area (TPSA) is 45.2 Å². The number of amides is 1. The van der Waals surface area contributed by atoms with Gasteiger partial charge in [0.05, 0.1) is 0 Å². The Bertz CT molecular complexity index is 479. The molecule has 1 aliphatic heterocycles. The molecule has 5 heteroatoms. The third-order valence-corrected chi connectivity index (χ3v) is 5.06. The quantitative estimate of drug-likeness (QED) is 0.906. The van der Waals surface area contributed by atoms with Gasteiger partial charge in [-0.3, -0.25) is 4.79 Å². The number of rotatable bonds is 4. The third kappa shape index (κ3) is 3.96. The molecule has 1 amide bonds. The molecule has 21 heavy (non-hydrogen) atoms. The van der Waals surface area contributed by atoms with E-state index in [-0.39, 0.29) is 5.91 Å². The summed E-state index contributed by atoms with van der Waals surface area (Å²) in [5.74, 6) is 1.81. The molecule has 4 nitrogen and oxygen atoms in total. The minimum absolute atomic E-state index is 0.250. The molecule has 1 N–H and O–H groups in total. The second kappa shape index (κ2) is 6.77. The summed E-state index contributed by atoms with van der Waals surface area (Å²) in [4.78, 5) is 18.7. The van der Waals surface area contributed by atoms with Gasteiger partial charge in [-0.05, 0) is 66.1 Å². The number of hydrogen-bond acceptors (Lipinski definition) is 3. The molecule has 3 rings (SSSR count). The molecule has 0 atom stereocenters. The lowest BCUT2D eigenvalue weighted by Crippen LogP contribution is -2.41. The van der Waals surface area contributed by atoms with Crippen LogP contribution in [0.25, 0.3) is 0 Å². The largest absolute Gasteiger partial charge is 0.357 e. The number of carbonyl (C=O) groups excluding carboxylic acids is 1. The molecule has 0 bridgehead atoms. The van der Waals surface area contributed by atoms with Crippen LogP contribution < -0.4 is 10.2 Å². The minimum Gasteiger partial charge on any atom is -0.357 e. The average Bonchev–Trinajstić information content (AvgIpc) is 2.45. The van der Waals surface area contributed by atoms with Gasteiger partial charge in [0, 0.05) is 36.2 Å². The van der Waals surface area contributed by atoms with Gasteiger partial charge in [0.25, 0.3) is 0 Å². The van der Waals surface area contributed by atoms with Crippen molar-refractivity contribution in [1.82, 2.24) is 10.3 Å². The van der Waals surface area contributed by atoms with Crippen LogP contribution >= 0.6 is 15.9 Å². The van der Waals surface area contributed by atoms with Crippen LogP contribution in [0.5, 0.6) is 0 Å². The first-order valence-corrected chi connectivity index (χ1v) is 8.66. The van der Waals surface area contributed by atoms with Crippen molar-refractivity contribution in [3.8, 4) is 0 Å². The predicted molar refractivity (Wildman–Crippen MR) is 87.3 cm³/mol. The van der Waals surface area contributed by atoms with Crippen molar-refractivity contribution in [2.24, 2.45) is 5.92 Å². The van der Waals surface area contributed by atoms with Crippen LogP contribution in [0.2, 0.25) is 0 Å². The second-order valence-corrected chi connectivity index (χ2v) is 7.08. The zero-order valence-electron chi connectivity index (χ0n) is 12.2. The molecule has 1 aliphatic carbocycles. The van der Waals surface area contributed by atoms with Crippen molar-refractivity contribution in [2.45, 2.75) is 44.6 Å². The Hall–Kier alpha value is -1.10. The van der Waals surface area contributed by atoms with Crippen LogP contribution in [0, 0.1) is 5.92 Å². The van der Waals surface area contributed by atoms with Gasteiger partial charge in [-0.1, -0.05) is 0 Å². The van der Waals surface area contributed by atoms with Gasteiger partial charge in [0.15, 0.2) is 0 Å². The van der Waals surface area contributed by atoms with Crippen molar-refractivity contribution in [3.63, 3.8) is 0 Å². The monoisotopic (exact) mass is 351 g/mol. The standard InChI is InChI=1S/C16H22BrN3O/c17-13-4-5-15(18-11-13)20-8-6-12(7-9-20)10-16(21)19-14-2-1-3-14/h4-5,11-12,14H,1-3,6-10H2,(H,19,21). The SMILES string of the molecule is O=C(CC1CCN(c2ccc(Br)cn2)CC1)NC1CCC1. The second-order valence-electron chi connectivity index (χ2n) is 6.16. The average molecular weight is 352 g/mol. The normalized spacial score (nSPS) is 20.1. The van der Waals surface area contributed by atoms with E-state index in [1.807, 2.05) is 18.3 Å². The summed E-state index contributed by atoms with van der Waals surface area (Å²) in [5.41, 5.74) is 0. The first kappa shape index (κ1) is 14.8. The summed E-state index contributed by atoms with van der Waals surface area (Å²) >= 11 is 3.41. The third-order valence-electron chi connectivity index (χ3n) is 4.59. The number of nitrogens with one attached hydrogen (secondary N) is 1. The van der Waals surface area contributed by atoms with E-state index in [9.17, 15) is 4.79 Å². The maximum absolute atomic E-state index is 12.0. The summed E-state index contributed by atoms with van der Waals surface area (Å²) < 4.78 is 1.01. The van der Waals surface area contributed by atoms with Crippen LogP contribution in [-0.2, 0) is 4.79 Å². The van der Waals surface area contributed by atoms with Crippen molar-refractivity contribution in [2.75, 3.05) is 18.0 Å². The van der Waals surface area contributed by atoms with Crippen molar-refractivity contribution >= 4 is 27.7 Å². The molecule has 0 spiro atoms. The van der Waals surface area contributed by atoms with E-state index >= 15 is 0 Å². The highest BCUT2D eigenvalue weighted by Gasteiger charge is 2.24. The lowest BCUT2D eigenvalue weighted by molar-refractivity contribution is -0.123. The molecule has 0 radical (unpaired) electrons. The highest BCUT2D eigenvalue weighted by Crippen LogP contribution is 2.25. The molecule has 2 fully saturated rings. The fourth-order valence-electron chi connectivity index (χ4n) is 3.02. The van der Waals surface area contributed by atoms with Gasteiger partial charge in [-0.2, -0.15) is 0 Å². The minimum atomic E-state index is 0.250. The Morgan fingerprint density at radius 1 is 1.29 bits per heavy atom. The molecular weight excluding hydrogens is 330 g/mol. The maximum Gasteiger partial charge on any atom is 0.220 e. The number of aromatic nitrogens is 1. The number of anilines is 1. The molecule has 1 saturated carbocycles. The van der Waals surface area contributed by atoms with Gasteiger partial charge in [-0.25, -0.2) is 4.98 Å². The number of piperidine rings is 1. The summed E-state index contributed by atoms with van der Waals surface area (Å²) in [5, 5.41) is 3.14. The van der Waals surface area contributed by atoms with E-state index in [0.29, 0.717) is 18.4 Å². The summed E-state index contributed by atoms with van der Waals surface area (Å²) in [6.07, 6.45) is 8.29. The van der Waals surface area contributed by atoms with E-state index in [2.05, 4.69) is 31.1 Å². The van der Waals surface area contributed by atoms with Gasteiger partial charge in [0.1, 0.15) is 5.82 Å². The van der Waals surface area contributed by atoms with Crippen molar-refractivity contribution in [3.05, 3.63) is 22.8 Å². The van der Waals surface area contributed by atoms with Crippen LogP contribution in [-0.4, -0.2) is 30.0 Å². The van der Waals surface area contributed by atoms with Gasteiger partial charge < -0.3 is 10.2 Å². The molecule has 2 heterocycles. The number of pyridine rings is 1. The Labute approximate surface area is 134 Å². The molecule has 2 aliphatic rings. The molecule has 0 unspecified atom stereocenters. The van der Waals surface area contributed by atoms with E-state index in [4.69, 9.17) is 0 Å². The molecular formula is C16H22BrN3O. The number of hydrogen-bond donors (Lipinski definition) is 1. The highest BCUT2D eigenvalue weighted by molar-refractivity contribution is 9.10. The zero-order chi connectivity index (χ0) is 14.7. The maximum atomic E-state index is 12.0. The molecule has 114 valence electrons. The van der Waals surface area contributed by atoms with E-state index in [1.165, 1.54) is 19.3 Å². The van der Waals surface area contributed by atoms with Gasteiger partial charge in [-0.15, -0.1) is 0 Å². The van der Waals surface area contributed by atoms with Gasteiger partial charge in [0.2, 0.25) is 5.91 Å². The first-order chi connectivity index (χ1) is 10.2. The number of carbonyl (C=O) groups is 1. The fourth-order valence-corrected chi connectivity index (χ4v) is 3.26. The summed E-state index contributed by atoms with van der Waals surface area (Å²) in [7, 11) is 0. The lowest BCUT2D eigenvalue weighted by Gasteiger charge is -2.33. The summed E-state index contributed by atoms with van der Waals surface area (Å²) in [6.45, 7) is 1.99. The van der Waals surface area contributed by atoms with Crippen LogP contribution in [0.15, 0.2) is 22.8 Å². The summed E-state index contributed by atoms with van der Waals surface area (Å²) in [6, 6.07) is 4.54. The number of halogens is 1. The van der Waals surface area contributed by atoms with Crippen LogP contribution in [0.3, 0.4) is 0 Å². The van der Waals surface area contributed by atoms with Gasteiger partial charge >= 0.3 is 0 Å². The van der Waals surface area contributed by atoms with E-state index < -0.39 is 0 Å². The first-order valence-electron chi connectivity index (χ1n) is 7.86. The molecule has 0 aromatic carbocycles. The van der Waals surface area contributed by atoms with E-state index in [0.717, 1.165) is 36.2 Å². The Morgan fingerprint density at radius 2 is 2.05 bits per heavy atom. The zero-order valence-corrected chi connectivity index (χ0v) is 13.8. The lowest BCUT2D eigenvalue weighted by atomic mass is 9.90. The highest BCUT2D eigenvalue weighted by atomic mass is 79.9. The van der Waals surface area contributed by atoms with Crippen LogP contribution in [0.4, 0.5) is 5.82 Å². The van der Waals surface area contributed by atoms with Crippen molar-refractivity contribution in [1.29, 1.82) is 0 Å². The number of nitrogens with zero attached hydrogens (tertiary/aromatic N) is 2. The predicted octanol–water partition coefficient (Wildman–Crippen LogP) is 3.12. The Morgan fingerprint density at radius 3 is 2.62 bits per heavy atom. The van der Waals surface area contributed by atoms with Crippen LogP contribution in [0.1, 0.15) is 38.5 Å².